The number of hydrogen-bond donors (Lipinski definition) is 1. The molecule has 1 heterocycles. The number of nitrogens with zero attached hydrogens (tertiary/aromatic N) is 2. The van der Waals surface area contributed by atoms with Crippen molar-refractivity contribution in [3.8, 4) is 0 Å². The average molecular weight is 265 g/mol. The van der Waals surface area contributed by atoms with E-state index in [0.29, 0.717) is 12.4 Å². The largest absolute Gasteiger partial charge is 0.319 e. The van der Waals surface area contributed by atoms with Crippen LogP contribution in [0.1, 0.15) is 24.9 Å². The van der Waals surface area contributed by atoms with E-state index in [2.05, 4.69) is 22.4 Å². The molecule has 0 aliphatic rings. The number of halogens is 2. The fourth-order valence-corrected chi connectivity index (χ4v) is 1.96. The standard InChI is InChI=1S/C14H17F2N3/c1-11(9-12-5-3-2-4-6-12)18-10-13-17-7-8-19(13)14(15)16/h2-8,11,14,18H,9-10H2,1H3. The molecule has 0 aliphatic heterocycles. The van der Waals surface area contributed by atoms with Gasteiger partial charge in [-0.25, -0.2) is 4.98 Å². The quantitative estimate of drug-likeness (QED) is 0.870. The van der Waals surface area contributed by atoms with Gasteiger partial charge >= 0.3 is 6.55 Å². The number of benzene rings is 1. The average Bonchev–Trinajstić information content (AvgIpc) is 2.86. The zero-order valence-electron chi connectivity index (χ0n) is 10.8. The third-order valence-corrected chi connectivity index (χ3v) is 2.95. The molecule has 0 aliphatic carbocycles. The lowest BCUT2D eigenvalue weighted by atomic mass is 10.1. The Balaban J connectivity index is 1.86. The zero-order chi connectivity index (χ0) is 13.7. The first-order valence-corrected chi connectivity index (χ1v) is 6.24. The second kappa shape index (κ2) is 6.43. The highest BCUT2D eigenvalue weighted by atomic mass is 19.3. The summed E-state index contributed by atoms with van der Waals surface area (Å²) in [5.41, 5.74) is 1.22. The maximum absolute atomic E-state index is 12.6. The molecule has 1 aromatic heterocycles. The van der Waals surface area contributed by atoms with Gasteiger partial charge in [-0.3, -0.25) is 4.57 Å². The first-order chi connectivity index (χ1) is 9.16. The van der Waals surface area contributed by atoms with Gasteiger partial charge < -0.3 is 5.32 Å². The maximum atomic E-state index is 12.6. The molecule has 2 aromatic rings. The van der Waals surface area contributed by atoms with Crippen LogP contribution in [0.2, 0.25) is 0 Å². The van der Waals surface area contributed by atoms with E-state index < -0.39 is 6.55 Å². The molecule has 1 unspecified atom stereocenters. The molecule has 0 saturated carbocycles. The van der Waals surface area contributed by atoms with Crippen LogP contribution in [0.5, 0.6) is 0 Å². The van der Waals surface area contributed by atoms with Gasteiger partial charge in [0.15, 0.2) is 0 Å². The monoisotopic (exact) mass is 265 g/mol. The molecule has 19 heavy (non-hydrogen) atoms. The van der Waals surface area contributed by atoms with Gasteiger partial charge in [0.1, 0.15) is 5.82 Å². The summed E-state index contributed by atoms with van der Waals surface area (Å²) in [6, 6.07) is 10.3. The third-order valence-electron chi connectivity index (χ3n) is 2.95. The summed E-state index contributed by atoms with van der Waals surface area (Å²) < 4.78 is 26.1. The second-order valence-corrected chi connectivity index (χ2v) is 4.50. The highest BCUT2D eigenvalue weighted by Gasteiger charge is 2.12. The summed E-state index contributed by atoms with van der Waals surface area (Å²) in [5, 5.41) is 3.21. The van der Waals surface area contributed by atoms with Crippen LogP contribution in [0.4, 0.5) is 8.78 Å². The van der Waals surface area contributed by atoms with Gasteiger partial charge in [-0.15, -0.1) is 0 Å². The van der Waals surface area contributed by atoms with Crippen molar-refractivity contribution in [1.29, 1.82) is 0 Å². The molecule has 1 aromatic carbocycles. The summed E-state index contributed by atoms with van der Waals surface area (Å²) >= 11 is 0. The molecule has 0 radical (unpaired) electrons. The number of imidazole rings is 1. The van der Waals surface area contributed by atoms with Crippen LogP contribution < -0.4 is 5.32 Å². The molecular weight excluding hydrogens is 248 g/mol. The van der Waals surface area contributed by atoms with Gasteiger partial charge in [0.05, 0.1) is 6.54 Å². The molecule has 1 N–H and O–H groups in total. The minimum atomic E-state index is -2.54. The minimum Gasteiger partial charge on any atom is -0.307 e. The van der Waals surface area contributed by atoms with Crippen LogP contribution in [0, 0.1) is 0 Å². The summed E-state index contributed by atoms with van der Waals surface area (Å²) in [6.07, 6.45) is 3.55. The van der Waals surface area contributed by atoms with E-state index in [1.165, 1.54) is 18.0 Å². The molecule has 1 atom stereocenters. The number of nitrogens with one attached hydrogen (secondary N) is 1. The van der Waals surface area contributed by atoms with E-state index in [1.807, 2.05) is 25.1 Å². The lowest BCUT2D eigenvalue weighted by molar-refractivity contribution is 0.0665. The van der Waals surface area contributed by atoms with Crippen molar-refractivity contribution in [1.82, 2.24) is 14.9 Å². The molecule has 5 heteroatoms. The Bertz CT molecular complexity index is 496. The van der Waals surface area contributed by atoms with Crippen LogP contribution in [0.25, 0.3) is 0 Å². The fraction of sp³-hybridized carbons (Fsp3) is 0.357. The highest BCUT2D eigenvalue weighted by molar-refractivity contribution is 5.15. The van der Waals surface area contributed by atoms with E-state index in [0.717, 1.165) is 11.0 Å². The van der Waals surface area contributed by atoms with Crippen LogP contribution >= 0.6 is 0 Å². The topological polar surface area (TPSA) is 29.9 Å². The van der Waals surface area contributed by atoms with Crippen molar-refractivity contribution >= 4 is 0 Å². The van der Waals surface area contributed by atoms with Crippen LogP contribution in [0.15, 0.2) is 42.7 Å². The number of aromatic nitrogens is 2. The molecule has 0 fully saturated rings. The smallest absolute Gasteiger partial charge is 0.307 e. The van der Waals surface area contributed by atoms with Crippen molar-refractivity contribution in [2.24, 2.45) is 0 Å². The predicted octanol–water partition coefficient (Wildman–Crippen LogP) is 3.00. The van der Waals surface area contributed by atoms with Gasteiger partial charge in [-0.1, -0.05) is 30.3 Å². The van der Waals surface area contributed by atoms with E-state index >= 15 is 0 Å². The SMILES string of the molecule is CC(Cc1ccccc1)NCc1nccn1C(F)F. The van der Waals surface area contributed by atoms with E-state index in [1.54, 1.807) is 0 Å². The minimum absolute atomic E-state index is 0.199. The first kappa shape index (κ1) is 13.7. The second-order valence-electron chi connectivity index (χ2n) is 4.50. The summed E-state index contributed by atoms with van der Waals surface area (Å²) in [5.74, 6) is 0.356. The number of rotatable bonds is 6. The van der Waals surface area contributed by atoms with Crippen LogP contribution in [0.3, 0.4) is 0 Å². The van der Waals surface area contributed by atoms with Crippen molar-refractivity contribution in [2.75, 3.05) is 0 Å². The Kier molecular flexibility index (Phi) is 4.63. The normalized spacial score (nSPS) is 12.8. The Morgan fingerprint density at radius 3 is 2.68 bits per heavy atom. The van der Waals surface area contributed by atoms with E-state index in [4.69, 9.17) is 0 Å². The van der Waals surface area contributed by atoms with Gasteiger partial charge in [0.25, 0.3) is 0 Å². The highest BCUT2D eigenvalue weighted by Crippen LogP contribution is 2.12. The van der Waals surface area contributed by atoms with E-state index in [9.17, 15) is 8.78 Å². The molecule has 102 valence electrons. The number of alkyl halides is 2. The molecule has 0 bridgehead atoms. The Morgan fingerprint density at radius 2 is 2.00 bits per heavy atom. The molecule has 2 rings (SSSR count). The van der Waals surface area contributed by atoms with E-state index in [-0.39, 0.29) is 6.04 Å². The van der Waals surface area contributed by atoms with Crippen molar-refractivity contribution < 1.29 is 8.78 Å². The van der Waals surface area contributed by atoms with Gasteiger partial charge in [-0.2, -0.15) is 8.78 Å². The Hall–Kier alpha value is -1.75. The molecule has 3 nitrogen and oxygen atoms in total. The lowest BCUT2D eigenvalue weighted by Crippen LogP contribution is -2.29. The van der Waals surface area contributed by atoms with Crippen molar-refractivity contribution in [3.05, 3.63) is 54.1 Å². The summed E-state index contributed by atoms with van der Waals surface area (Å²) in [6.45, 7) is -0.169. The summed E-state index contributed by atoms with van der Waals surface area (Å²) in [4.78, 5) is 3.94. The molecule has 0 spiro atoms. The molecule has 0 amide bonds. The lowest BCUT2D eigenvalue weighted by Gasteiger charge is -2.14. The van der Waals surface area contributed by atoms with Gasteiger partial charge in [0.2, 0.25) is 0 Å². The first-order valence-electron chi connectivity index (χ1n) is 6.24. The molecule has 0 saturated heterocycles. The maximum Gasteiger partial charge on any atom is 0.319 e. The third kappa shape index (κ3) is 3.86. The predicted molar refractivity (Wildman–Crippen MR) is 69.9 cm³/mol. The zero-order valence-corrected chi connectivity index (χ0v) is 10.8. The van der Waals surface area contributed by atoms with Gasteiger partial charge in [0, 0.05) is 18.4 Å². The van der Waals surface area contributed by atoms with Gasteiger partial charge in [-0.05, 0) is 18.9 Å². The van der Waals surface area contributed by atoms with Crippen molar-refractivity contribution in [3.63, 3.8) is 0 Å². The van der Waals surface area contributed by atoms with Crippen LogP contribution in [-0.2, 0) is 13.0 Å². The Labute approximate surface area is 111 Å². The number of hydrogen-bond acceptors (Lipinski definition) is 2. The van der Waals surface area contributed by atoms with Crippen molar-refractivity contribution in [2.45, 2.75) is 32.5 Å². The molecular formula is C14H17F2N3. The fourth-order valence-electron chi connectivity index (χ4n) is 1.96. The van der Waals surface area contributed by atoms with Crippen LogP contribution in [-0.4, -0.2) is 15.6 Å². The summed E-state index contributed by atoms with van der Waals surface area (Å²) in [7, 11) is 0. The Morgan fingerprint density at radius 1 is 1.26 bits per heavy atom.